The Hall–Kier alpha value is -2.91. The van der Waals surface area contributed by atoms with Crippen LogP contribution in [0.15, 0.2) is 41.3 Å². The quantitative estimate of drug-likeness (QED) is 0.608. The van der Waals surface area contributed by atoms with Crippen molar-refractivity contribution in [2.24, 2.45) is 0 Å². The molecule has 2 atom stereocenters. The normalized spacial score (nSPS) is 20.1. The largest absolute Gasteiger partial charge is 0.376 e. The molecule has 2 saturated heterocycles. The average molecular weight is 500 g/mol. The zero-order valence-electron chi connectivity index (χ0n) is 20.5. The lowest BCUT2D eigenvalue weighted by Gasteiger charge is -2.25. The van der Waals surface area contributed by atoms with Gasteiger partial charge in [0.25, 0.3) is 15.9 Å². The molecule has 2 aliphatic rings. The highest BCUT2D eigenvalue weighted by Gasteiger charge is 2.35. The Labute approximate surface area is 207 Å². The van der Waals surface area contributed by atoms with Gasteiger partial charge in [-0.2, -0.15) is 0 Å². The number of carbonyl (C=O) groups is 2. The number of hydrogen-bond acceptors (Lipinski definition) is 5. The highest BCUT2D eigenvalue weighted by Crippen LogP contribution is 2.25. The standard InChI is InChI=1S/C26H33N3O5S/c1-17-13-19(3)24(14-18(17)2)35(32,33)28-21-8-4-7-20(15-21)26(31)29-11-5-10-23(29)25(30)27-16-22-9-6-12-34-22/h4,7-8,13-15,22-23,28H,5-6,9-12,16H2,1-3H3,(H,27,30)/t22-,23+/m1/s1. The molecule has 188 valence electrons. The number of carbonyl (C=O) groups excluding carboxylic acids is 2. The summed E-state index contributed by atoms with van der Waals surface area (Å²) in [5.41, 5.74) is 3.20. The van der Waals surface area contributed by atoms with Crippen LogP contribution in [-0.2, 0) is 19.6 Å². The third kappa shape index (κ3) is 5.67. The molecule has 2 aromatic carbocycles. The Morgan fingerprint density at radius 1 is 1.03 bits per heavy atom. The molecular formula is C26H33N3O5S. The zero-order chi connectivity index (χ0) is 25.2. The van der Waals surface area contributed by atoms with Crippen molar-refractivity contribution in [2.45, 2.75) is 63.5 Å². The minimum atomic E-state index is -3.84. The summed E-state index contributed by atoms with van der Waals surface area (Å²) in [4.78, 5) is 27.9. The highest BCUT2D eigenvalue weighted by atomic mass is 32.2. The van der Waals surface area contributed by atoms with Crippen LogP contribution < -0.4 is 10.0 Å². The molecule has 0 aliphatic carbocycles. The van der Waals surface area contributed by atoms with Gasteiger partial charge < -0.3 is 15.0 Å². The summed E-state index contributed by atoms with van der Waals surface area (Å²) in [6.07, 6.45) is 3.30. The van der Waals surface area contributed by atoms with E-state index in [1.165, 1.54) is 6.07 Å². The maximum Gasteiger partial charge on any atom is 0.262 e. The second-order valence-corrected chi connectivity index (χ2v) is 11.1. The number of amides is 2. The third-order valence-electron chi connectivity index (χ3n) is 6.79. The Kier molecular flexibility index (Phi) is 7.47. The van der Waals surface area contributed by atoms with Gasteiger partial charge in [0.05, 0.1) is 11.0 Å². The molecule has 2 amide bonds. The molecule has 0 saturated carbocycles. The maximum atomic E-state index is 13.3. The van der Waals surface area contributed by atoms with E-state index >= 15 is 0 Å². The predicted octanol–water partition coefficient (Wildman–Crippen LogP) is 3.31. The summed E-state index contributed by atoms with van der Waals surface area (Å²) < 4.78 is 34.3. The van der Waals surface area contributed by atoms with E-state index in [9.17, 15) is 18.0 Å². The molecule has 2 fully saturated rings. The molecule has 4 rings (SSSR count). The Balaban J connectivity index is 1.47. The molecule has 0 spiro atoms. The SMILES string of the molecule is Cc1cc(C)c(S(=O)(=O)Nc2cccc(C(=O)N3CCC[C@H]3C(=O)NC[C@H]3CCCO3)c2)cc1C. The monoisotopic (exact) mass is 499 g/mol. The third-order valence-corrected chi connectivity index (χ3v) is 8.31. The first-order chi connectivity index (χ1) is 16.7. The smallest absolute Gasteiger partial charge is 0.262 e. The van der Waals surface area contributed by atoms with E-state index in [1.807, 2.05) is 19.9 Å². The van der Waals surface area contributed by atoms with Crippen LogP contribution in [0.4, 0.5) is 5.69 Å². The number of likely N-dealkylation sites (tertiary alicyclic amines) is 1. The molecular weight excluding hydrogens is 466 g/mol. The molecule has 2 heterocycles. The van der Waals surface area contributed by atoms with Gasteiger partial charge in [-0.15, -0.1) is 0 Å². The fourth-order valence-corrected chi connectivity index (χ4v) is 6.10. The van der Waals surface area contributed by atoms with E-state index in [4.69, 9.17) is 4.74 Å². The fraction of sp³-hybridized carbons (Fsp3) is 0.462. The van der Waals surface area contributed by atoms with E-state index in [-0.39, 0.29) is 22.8 Å². The fourth-order valence-electron chi connectivity index (χ4n) is 4.74. The van der Waals surface area contributed by atoms with Crippen molar-refractivity contribution < 1.29 is 22.7 Å². The van der Waals surface area contributed by atoms with Crippen molar-refractivity contribution >= 4 is 27.5 Å². The van der Waals surface area contributed by atoms with Gasteiger partial charge in [-0.25, -0.2) is 8.42 Å². The number of nitrogens with one attached hydrogen (secondary N) is 2. The summed E-state index contributed by atoms with van der Waals surface area (Å²) in [5, 5.41) is 2.93. The Morgan fingerprint density at radius 3 is 2.54 bits per heavy atom. The van der Waals surface area contributed by atoms with Gasteiger partial charge >= 0.3 is 0 Å². The van der Waals surface area contributed by atoms with Crippen molar-refractivity contribution in [3.05, 3.63) is 58.7 Å². The van der Waals surface area contributed by atoms with Crippen LogP contribution in [0.2, 0.25) is 0 Å². The predicted molar refractivity (Wildman–Crippen MR) is 134 cm³/mol. The second-order valence-electron chi connectivity index (χ2n) is 9.43. The number of hydrogen-bond donors (Lipinski definition) is 2. The number of ether oxygens (including phenoxy) is 1. The van der Waals surface area contributed by atoms with Crippen molar-refractivity contribution in [3.8, 4) is 0 Å². The maximum absolute atomic E-state index is 13.3. The average Bonchev–Trinajstić information content (AvgIpc) is 3.51. The van der Waals surface area contributed by atoms with E-state index in [0.29, 0.717) is 36.3 Å². The molecule has 0 aromatic heterocycles. The van der Waals surface area contributed by atoms with Gasteiger partial charge in [-0.3, -0.25) is 14.3 Å². The highest BCUT2D eigenvalue weighted by molar-refractivity contribution is 7.92. The molecule has 0 unspecified atom stereocenters. The van der Waals surface area contributed by atoms with E-state index in [2.05, 4.69) is 10.0 Å². The molecule has 2 aromatic rings. The molecule has 35 heavy (non-hydrogen) atoms. The zero-order valence-corrected chi connectivity index (χ0v) is 21.3. The van der Waals surface area contributed by atoms with E-state index in [0.717, 1.165) is 37.0 Å². The van der Waals surface area contributed by atoms with Crippen LogP contribution in [0.3, 0.4) is 0 Å². The van der Waals surface area contributed by atoms with Crippen molar-refractivity contribution in [1.29, 1.82) is 0 Å². The first kappa shape index (κ1) is 25.2. The molecule has 0 bridgehead atoms. The molecule has 2 aliphatic heterocycles. The number of benzene rings is 2. The number of aryl methyl sites for hydroxylation is 3. The summed E-state index contributed by atoms with van der Waals surface area (Å²) in [6.45, 7) is 7.23. The van der Waals surface area contributed by atoms with Gasteiger partial charge in [0.1, 0.15) is 6.04 Å². The van der Waals surface area contributed by atoms with Crippen molar-refractivity contribution in [1.82, 2.24) is 10.2 Å². The number of anilines is 1. The van der Waals surface area contributed by atoms with E-state index < -0.39 is 16.1 Å². The summed E-state index contributed by atoms with van der Waals surface area (Å²) in [6, 6.07) is 9.38. The lowest BCUT2D eigenvalue weighted by atomic mass is 10.1. The van der Waals surface area contributed by atoms with E-state index in [1.54, 1.807) is 36.1 Å². The lowest BCUT2D eigenvalue weighted by Crippen LogP contribution is -2.47. The Bertz CT molecular complexity index is 1220. The van der Waals surface area contributed by atoms with Gasteiger partial charge in [-0.05, 0) is 87.4 Å². The molecule has 9 heteroatoms. The number of nitrogens with zero attached hydrogens (tertiary/aromatic N) is 1. The van der Waals surface area contributed by atoms with Gasteiger partial charge in [0, 0.05) is 30.9 Å². The van der Waals surface area contributed by atoms with Gasteiger partial charge in [0.2, 0.25) is 5.91 Å². The van der Waals surface area contributed by atoms with Crippen molar-refractivity contribution in [2.75, 3.05) is 24.4 Å². The minimum absolute atomic E-state index is 0.0372. The Morgan fingerprint density at radius 2 is 1.80 bits per heavy atom. The topological polar surface area (TPSA) is 105 Å². The van der Waals surface area contributed by atoms with Crippen molar-refractivity contribution in [3.63, 3.8) is 0 Å². The van der Waals surface area contributed by atoms with Crippen LogP contribution >= 0.6 is 0 Å². The number of rotatable bonds is 7. The van der Waals surface area contributed by atoms with Gasteiger partial charge in [0.15, 0.2) is 0 Å². The van der Waals surface area contributed by atoms with Gasteiger partial charge in [-0.1, -0.05) is 12.1 Å². The van der Waals surface area contributed by atoms with Crippen LogP contribution in [0.5, 0.6) is 0 Å². The second kappa shape index (κ2) is 10.4. The summed E-state index contributed by atoms with van der Waals surface area (Å²) >= 11 is 0. The number of sulfonamides is 1. The molecule has 8 nitrogen and oxygen atoms in total. The molecule has 0 radical (unpaired) electrons. The van der Waals surface area contributed by atoms with Crippen LogP contribution in [-0.4, -0.2) is 57.0 Å². The minimum Gasteiger partial charge on any atom is -0.376 e. The van der Waals surface area contributed by atoms with Crippen LogP contribution in [0, 0.1) is 20.8 Å². The first-order valence-electron chi connectivity index (χ1n) is 12.1. The lowest BCUT2D eigenvalue weighted by molar-refractivity contribution is -0.125. The van der Waals surface area contributed by atoms with Crippen LogP contribution in [0.25, 0.3) is 0 Å². The summed E-state index contributed by atoms with van der Waals surface area (Å²) in [5.74, 6) is -0.461. The van der Waals surface area contributed by atoms with Crippen LogP contribution in [0.1, 0.15) is 52.7 Å². The summed E-state index contributed by atoms with van der Waals surface area (Å²) in [7, 11) is -3.84. The first-order valence-corrected chi connectivity index (χ1v) is 13.5. The molecule has 2 N–H and O–H groups in total.